The van der Waals surface area contributed by atoms with Gasteiger partial charge in [0, 0.05) is 11.6 Å². The quantitative estimate of drug-likeness (QED) is 0.136. The summed E-state index contributed by atoms with van der Waals surface area (Å²) in [7, 11) is 3.00. The lowest BCUT2D eigenvalue weighted by Gasteiger charge is -2.26. The molecule has 1 aromatic heterocycles. The summed E-state index contributed by atoms with van der Waals surface area (Å²) in [5, 5.41) is 22.5. The number of hydrogen-bond acceptors (Lipinski definition) is 12. The van der Waals surface area contributed by atoms with Crippen LogP contribution < -0.4 is 29.1 Å². The van der Waals surface area contributed by atoms with Crippen molar-refractivity contribution in [2.24, 2.45) is 4.99 Å². The Morgan fingerprint density at radius 2 is 1.67 bits per heavy atom. The first-order chi connectivity index (χ1) is 22.1. The fourth-order valence-electron chi connectivity index (χ4n) is 4.90. The van der Waals surface area contributed by atoms with E-state index in [0.29, 0.717) is 37.7 Å². The summed E-state index contributed by atoms with van der Waals surface area (Å²) in [5.74, 6) is 0.377. The summed E-state index contributed by atoms with van der Waals surface area (Å²) in [4.78, 5) is 53.1. The highest BCUT2D eigenvalue weighted by Gasteiger charge is 2.35. The highest BCUT2D eigenvalue weighted by Crippen LogP contribution is 2.38. The molecule has 4 aromatic rings. The fraction of sp³-hybridized carbons (Fsp3) is 0.194. The number of nitro benzene ring substituents is 2. The van der Waals surface area contributed by atoms with Gasteiger partial charge < -0.3 is 18.9 Å². The Morgan fingerprint density at radius 1 is 0.978 bits per heavy atom. The average Bonchev–Trinajstić information content (AvgIpc) is 3.34. The lowest BCUT2D eigenvalue weighted by molar-refractivity contribution is -0.394. The molecular weight excluding hydrogens is 620 g/mol. The third kappa shape index (κ3) is 6.08. The maximum absolute atomic E-state index is 14.0. The van der Waals surface area contributed by atoms with Crippen molar-refractivity contribution >= 4 is 34.8 Å². The molecule has 236 valence electrons. The van der Waals surface area contributed by atoms with Crippen LogP contribution in [-0.4, -0.2) is 41.2 Å². The molecule has 1 aliphatic rings. The second kappa shape index (κ2) is 13.0. The fourth-order valence-corrected chi connectivity index (χ4v) is 5.94. The Kier molecular flexibility index (Phi) is 8.95. The van der Waals surface area contributed by atoms with Gasteiger partial charge in [-0.1, -0.05) is 23.5 Å². The van der Waals surface area contributed by atoms with Crippen molar-refractivity contribution in [1.29, 1.82) is 0 Å². The predicted molar refractivity (Wildman–Crippen MR) is 166 cm³/mol. The van der Waals surface area contributed by atoms with Crippen molar-refractivity contribution < 1.29 is 33.6 Å². The molecule has 0 fully saturated rings. The minimum absolute atomic E-state index is 0.124. The molecule has 0 saturated heterocycles. The zero-order valence-corrected chi connectivity index (χ0v) is 25.7. The molecule has 5 rings (SSSR count). The van der Waals surface area contributed by atoms with Crippen LogP contribution in [0, 0.1) is 20.2 Å². The number of hydrogen-bond donors (Lipinski definition) is 0. The Bertz CT molecular complexity index is 2080. The minimum atomic E-state index is -0.921. The molecule has 0 saturated carbocycles. The molecule has 15 heteroatoms. The molecule has 0 aliphatic carbocycles. The molecule has 1 atom stereocenters. The summed E-state index contributed by atoms with van der Waals surface area (Å²) >= 11 is 1.13. The van der Waals surface area contributed by atoms with E-state index >= 15 is 0 Å². The van der Waals surface area contributed by atoms with E-state index in [1.165, 1.54) is 18.8 Å². The number of allylic oxidation sites excluding steroid dienone is 1. The number of benzene rings is 3. The summed E-state index contributed by atoms with van der Waals surface area (Å²) in [5.41, 5.74) is 0.292. The number of nitrogens with zero attached hydrogens (tertiary/aromatic N) is 4. The predicted octanol–water partition coefficient (Wildman–Crippen LogP) is 4.42. The number of carbonyl (C=O) groups excluding carboxylic acids is 1. The van der Waals surface area contributed by atoms with E-state index < -0.39 is 38.8 Å². The van der Waals surface area contributed by atoms with Gasteiger partial charge in [0.1, 0.15) is 23.3 Å². The topological polar surface area (TPSA) is 175 Å². The zero-order chi connectivity index (χ0) is 33.1. The van der Waals surface area contributed by atoms with Gasteiger partial charge in [0.15, 0.2) is 4.80 Å². The largest absolute Gasteiger partial charge is 0.497 e. The number of ether oxygens (including phenoxy) is 4. The first-order valence-corrected chi connectivity index (χ1v) is 14.5. The summed E-state index contributed by atoms with van der Waals surface area (Å²) < 4.78 is 23.8. The Balaban J connectivity index is 1.56. The summed E-state index contributed by atoms with van der Waals surface area (Å²) in [6.07, 6.45) is 1.64. The van der Waals surface area contributed by atoms with Crippen LogP contribution in [0.1, 0.15) is 31.0 Å². The van der Waals surface area contributed by atoms with E-state index in [9.17, 15) is 29.8 Å². The van der Waals surface area contributed by atoms with Gasteiger partial charge in [-0.25, -0.2) is 9.79 Å². The van der Waals surface area contributed by atoms with Crippen LogP contribution in [0.3, 0.4) is 0 Å². The molecule has 0 unspecified atom stereocenters. The highest BCUT2D eigenvalue weighted by molar-refractivity contribution is 7.07. The van der Waals surface area contributed by atoms with Crippen molar-refractivity contribution in [3.8, 4) is 23.0 Å². The Hall–Kier alpha value is -5.83. The summed E-state index contributed by atoms with van der Waals surface area (Å²) in [6.45, 7) is 3.49. The first kappa shape index (κ1) is 31.6. The van der Waals surface area contributed by atoms with Crippen molar-refractivity contribution in [2.45, 2.75) is 19.9 Å². The summed E-state index contributed by atoms with van der Waals surface area (Å²) in [6, 6.07) is 13.6. The second-order valence-corrected chi connectivity index (χ2v) is 10.8. The number of carbonyl (C=O) groups is 1. The van der Waals surface area contributed by atoms with Crippen LogP contribution in [0.4, 0.5) is 11.4 Å². The number of non-ortho nitro benzene ring substituents is 1. The lowest BCUT2D eigenvalue weighted by atomic mass is 9.94. The maximum Gasteiger partial charge on any atom is 0.338 e. The van der Waals surface area contributed by atoms with Gasteiger partial charge in [-0.05, 0) is 61.9 Å². The van der Waals surface area contributed by atoms with Gasteiger partial charge in [-0.15, -0.1) is 0 Å². The van der Waals surface area contributed by atoms with E-state index in [0.717, 1.165) is 29.5 Å². The average molecular weight is 647 g/mol. The van der Waals surface area contributed by atoms with Crippen LogP contribution in [0.15, 0.2) is 81.7 Å². The van der Waals surface area contributed by atoms with Gasteiger partial charge in [0.25, 0.3) is 11.2 Å². The maximum atomic E-state index is 14.0. The number of methoxy groups -OCH3 is 2. The van der Waals surface area contributed by atoms with Crippen molar-refractivity contribution in [1.82, 2.24) is 4.57 Å². The van der Waals surface area contributed by atoms with Gasteiger partial charge in [-0.3, -0.25) is 29.6 Å². The number of aromatic nitrogens is 1. The molecule has 2 heterocycles. The molecule has 0 amide bonds. The zero-order valence-electron chi connectivity index (χ0n) is 24.9. The van der Waals surface area contributed by atoms with Crippen LogP contribution in [0.2, 0.25) is 0 Å². The third-order valence-electron chi connectivity index (χ3n) is 7.00. The minimum Gasteiger partial charge on any atom is -0.497 e. The van der Waals surface area contributed by atoms with Crippen LogP contribution >= 0.6 is 11.3 Å². The van der Waals surface area contributed by atoms with Crippen molar-refractivity contribution in [3.63, 3.8) is 0 Å². The molecule has 0 radical (unpaired) electrons. The van der Waals surface area contributed by atoms with Crippen molar-refractivity contribution in [3.05, 3.63) is 123 Å². The molecule has 1 aliphatic heterocycles. The monoisotopic (exact) mass is 646 g/mol. The second-order valence-electron chi connectivity index (χ2n) is 9.75. The lowest BCUT2D eigenvalue weighted by Crippen LogP contribution is -2.40. The van der Waals surface area contributed by atoms with Gasteiger partial charge in [-0.2, -0.15) is 0 Å². The van der Waals surface area contributed by atoms with Crippen LogP contribution in [0.5, 0.6) is 23.0 Å². The molecule has 46 heavy (non-hydrogen) atoms. The smallest absolute Gasteiger partial charge is 0.338 e. The van der Waals surface area contributed by atoms with E-state index in [-0.39, 0.29) is 23.7 Å². The number of fused-ring (bicyclic) bond motifs is 1. The normalized spacial score (nSPS) is 14.3. The van der Waals surface area contributed by atoms with Crippen LogP contribution in [-0.2, 0) is 9.53 Å². The first-order valence-electron chi connectivity index (χ1n) is 13.7. The van der Waals surface area contributed by atoms with Gasteiger partial charge in [0.05, 0.1) is 52.5 Å². The number of rotatable bonds is 10. The molecule has 14 nitrogen and oxygen atoms in total. The Morgan fingerprint density at radius 3 is 2.30 bits per heavy atom. The van der Waals surface area contributed by atoms with Crippen molar-refractivity contribution in [2.75, 3.05) is 20.8 Å². The molecule has 3 aromatic carbocycles. The number of thiazole rings is 1. The van der Waals surface area contributed by atoms with E-state index in [1.807, 2.05) is 0 Å². The molecule has 0 spiro atoms. The molecule has 0 bridgehead atoms. The van der Waals surface area contributed by atoms with Gasteiger partial charge >= 0.3 is 11.7 Å². The van der Waals surface area contributed by atoms with Gasteiger partial charge in [0.2, 0.25) is 5.75 Å². The number of esters is 1. The standard InChI is InChI=1S/C31H26N4O10S/c1-5-44-30(37)27-17(2)32-31-33(28(27)22-16-21(42-3)11-13-24(22)43-4)29(36)26(46-31)14-18-6-9-20(10-7-18)45-25-12-8-19(34(38)39)15-23(25)35(40)41/h6-16,28H,5H2,1-4H3/b26-14-/t28-/m1/s1. The number of nitro groups is 2. The van der Waals surface area contributed by atoms with E-state index in [2.05, 4.69) is 4.99 Å². The third-order valence-corrected chi connectivity index (χ3v) is 7.99. The highest BCUT2D eigenvalue weighted by atomic mass is 32.1. The van der Waals surface area contributed by atoms with Crippen LogP contribution in [0.25, 0.3) is 6.08 Å². The Labute approximate surface area is 264 Å². The molecule has 0 N–H and O–H groups in total. The molecular formula is C31H26N4O10S. The van der Waals surface area contributed by atoms with E-state index in [1.54, 1.807) is 62.4 Å². The van der Waals surface area contributed by atoms with E-state index in [4.69, 9.17) is 18.9 Å². The SMILES string of the molecule is CCOC(=O)C1=C(C)N=c2s/c(=C\c3ccc(Oc4ccc([N+](=O)[O-])cc4[N+](=O)[O-])cc3)c(=O)n2[C@@H]1c1cc(OC)ccc1OC.